The molecule has 13 heavy (non-hydrogen) atoms. The van der Waals surface area contributed by atoms with E-state index in [-0.39, 0.29) is 0 Å². The lowest BCUT2D eigenvalue weighted by molar-refractivity contribution is 0.796. The minimum absolute atomic E-state index is 0.426. The molecule has 0 saturated heterocycles. The van der Waals surface area contributed by atoms with E-state index in [1.54, 1.807) is 21.9 Å². The zero-order chi connectivity index (χ0) is 9.84. The maximum atomic E-state index is 5.52. The molecule has 1 aromatic heterocycles. The van der Waals surface area contributed by atoms with E-state index in [0.717, 1.165) is 16.5 Å². The van der Waals surface area contributed by atoms with E-state index in [9.17, 15) is 0 Å². The molecule has 0 aliphatic rings. The number of nitrogens with two attached hydrogens (primary N) is 1. The summed E-state index contributed by atoms with van der Waals surface area (Å²) in [5, 5.41) is 8.44. The van der Waals surface area contributed by atoms with Gasteiger partial charge < -0.3 is 5.73 Å². The highest BCUT2D eigenvalue weighted by atomic mass is 35.5. The van der Waals surface area contributed by atoms with Crippen LogP contribution in [0.2, 0.25) is 0 Å². The summed E-state index contributed by atoms with van der Waals surface area (Å²) >= 11 is 7.08. The van der Waals surface area contributed by atoms with Crippen LogP contribution in [0.5, 0.6) is 0 Å². The topological polar surface area (TPSA) is 56.7 Å². The molecule has 1 aromatic rings. The molecular formula is C7H11ClN4S. The van der Waals surface area contributed by atoms with Crippen molar-refractivity contribution in [1.82, 2.24) is 14.8 Å². The van der Waals surface area contributed by atoms with Gasteiger partial charge in [-0.25, -0.2) is 0 Å². The summed E-state index contributed by atoms with van der Waals surface area (Å²) < 4.78 is 1.74. The fourth-order valence-electron chi connectivity index (χ4n) is 0.662. The van der Waals surface area contributed by atoms with Crippen LogP contribution in [0.4, 0.5) is 5.95 Å². The van der Waals surface area contributed by atoms with Crippen LogP contribution in [0.1, 0.15) is 6.92 Å². The van der Waals surface area contributed by atoms with Crippen LogP contribution in [0.15, 0.2) is 16.3 Å². The molecule has 2 N–H and O–H groups in total. The number of rotatable bonds is 3. The highest BCUT2D eigenvalue weighted by molar-refractivity contribution is 7.99. The molecular weight excluding hydrogens is 208 g/mol. The van der Waals surface area contributed by atoms with E-state index in [4.69, 9.17) is 17.3 Å². The maximum Gasteiger partial charge on any atom is 0.222 e. The molecule has 0 aromatic carbocycles. The van der Waals surface area contributed by atoms with Gasteiger partial charge in [0.25, 0.3) is 0 Å². The number of nitrogen functional groups attached to an aromatic ring is 1. The zero-order valence-corrected chi connectivity index (χ0v) is 9.06. The number of thioether (sulfide) groups is 1. The van der Waals surface area contributed by atoms with E-state index in [1.165, 1.54) is 0 Å². The number of hydrogen-bond donors (Lipinski definition) is 1. The number of hydrogen-bond acceptors (Lipinski definition) is 4. The normalized spacial score (nSPS) is 12.1. The zero-order valence-electron chi connectivity index (χ0n) is 7.49. The first kappa shape index (κ1) is 10.4. The Morgan fingerprint density at radius 3 is 2.85 bits per heavy atom. The van der Waals surface area contributed by atoms with Gasteiger partial charge in [0.2, 0.25) is 5.95 Å². The molecule has 0 atom stereocenters. The smallest absolute Gasteiger partial charge is 0.222 e. The largest absolute Gasteiger partial charge is 0.368 e. The quantitative estimate of drug-likeness (QED) is 0.784. The van der Waals surface area contributed by atoms with Crippen LogP contribution in [-0.4, -0.2) is 20.5 Å². The molecule has 0 aliphatic heterocycles. The third kappa shape index (κ3) is 2.63. The molecule has 0 amide bonds. The minimum atomic E-state index is 0.426. The monoisotopic (exact) mass is 218 g/mol. The van der Waals surface area contributed by atoms with Crippen molar-refractivity contribution in [3.8, 4) is 0 Å². The van der Waals surface area contributed by atoms with E-state index in [2.05, 4.69) is 10.2 Å². The van der Waals surface area contributed by atoms with Gasteiger partial charge in [-0.15, -0.1) is 10.2 Å². The molecule has 6 heteroatoms. The molecule has 0 spiro atoms. The van der Waals surface area contributed by atoms with E-state index >= 15 is 0 Å². The Balaban J connectivity index is 2.60. The predicted molar refractivity (Wildman–Crippen MR) is 55.7 cm³/mol. The highest BCUT2D eigenvalue weighted by Crippen LogP contribution is 2.19. The molecule has 0 fully saturated rings. The molecule has 0 aliphatic carbocycles. The van der Waals surface area contributed by atoms with E-state index in [1.807, 2.05) is 14.0 Å². The molecule has 0 radical (unpaired) electrons. The summed E-state index contributed by atoms with van der Waals surface area (Å²) in [5.41, 5.74) is 8.17. The van der Waals surface area contributed by atoms with Gasteiger partial charge in [0, 0.05) is 18.3 Å². The van der Waals surface area contributed by atoms with Gasteiger partial charge in [-0.3, -0.25) is 4.57 Å². The second-order valence-electron chi connectivity index (χ2n) is 2.64. The Morgan fingerprint density at radius 2 is 2.38 bits per heavy atom. The fourth-order valence-corrected chi connectivity index (χ4v) is 1.66. The van der Waals surface area contributed by atoms with Crippen molar-refractivity contribution < 1.29 is 0 Å². The summed E-state index contributed by atoms with van der Waals surface area (Å²) in [5.74, 6) is 1.23. The summed E-state index contributed by atoms with van der Waals surface area (Å²) in [6.07, 6.45) is 0. The second kappa shape index (κ2) is 4.53. The first-order chi connectivity index (χ1) is 6.15. The minimum Gasteiger partial charge on any atom is -0.368 e. The average Bonchev–Trinajstić information content (AvgIpc) is 2.44. The van der Waals surface area contributed by atoms with E-state index < -0.39 is 0 Å². The maximum absolute atomic E-state index is 5.52. The summed E-state index contributed by atoms with van der Waals surface area (Å²) in [7, 11) is 1.83. The van der Waals surface area contributed by atoms with Gasteiger partial charge in [-0.05, 0) is 6.92 Å². The molecule has 0 saturated carbocycles. The van der Waals surface area contributed by atoms with Crippen molar-refractivity contribution in [2.24, 2.45) is 7.05 Å². The Labute approximate surface area is 86.2 Å². The summed E-state index contributed by atoms with van der Waals surface area (Å²) in [4.78, 5) is 0. The third-order valence-electron chi connectivity index (χ3n) is 1.48. The SMILES string of the molecule is CC(=CCl)CSc1nnc(N)n1C. The summed E-state index contributed by atoms with van der Waals surface area (Å²) in [6, 6.07) is 0. The Bertz CT molecular complexity index is 320. The predicted octanol–water partition coefficient (Wildman–Crippen LogP) is 1.63. The van der Waals surface area contributed by atoms with Crippen LogP contribution in [-0.2, 0) is 7.05 Å². The third-order valence-corrected chi connectivity index (χ3v) is 3.07. The Hall–Kier alpha value is -0.680. The number of halogens is 1. The lowest BCUT2D eigenvalue weighted by Crippen LogP contribution is -1.98. The number of anilines is 1. The van der Waals surface area contributed by atoms with Crippen molar-refractivity contribution in [3.05, 3.63) is 11.1 Å². The standard InChI is InChI=1S/C7H11ClN4S/c1-5(3-8)4-13-7-11-10-6(9)12(7)2/h3H,4H2,1-2H3,(H2,9,10). The molecule has 0 bridgehead atoms. The first-order valence-corrected chi connectivity index (χ1v) is 5.11. The van der Waals surface area contributed by atoms with Gasteiger partial charge in [-0.2, -0.15) is 0 Å². The van der Waals surface area contributed by atoms with Gasteiger partial charge in [0.1, 0.15) is 0 Å². The van der Waals surface area contributed by atoms with E-state index in [0.29, 0.717) is 5.95 Å². The molecule has 0 unspecified atom stereocenters. The summed E-state index contributed by atoms with van der Waals surface area (Å²) in [6.45, 7) is 1.96. The van der Waals surface area contributed by atoms with Gasteiger partial charge in [-0.1, -0.05) is 28.9 Å². The second-order valence-corrected chi connectivity index (χ2v) is 3.80. The van der Waals surface area contributed by atoms with Crippen LogP contribution in [0.3, 0.4) is 0 Å². The van der Waals surface area contributed by atoms with Crippen molar-refractivity contribution >= 4 is 29.3 Å². The molecule has 72 valence electrons. The van der Waals surface area contributed by atoms with Gasteiger partial charge in [0.15, 0.2) is 5.16 Å². The van der Waals surface area contributed by atoms with Crippen molar-refractivity contribution in [2.75, 3.05) is 11.5 Å². The number of aromatic nitrogens is 3. The van der Waals surface area contributed by atoms with Gasteiger partial charge in [0.05, 0.1) is 0 Å². The van der Waals surface area contributed by atoms with Crippen LogP contribution in [0, 0.1) is 0 Å². The average molecular weight is 219 g/mol. The Kier molecular flexibility index (Phi) is 3.62. The van der Waals surface area contributed by atoms with Crippen LogP contribution >= 0.6 is 23.4 Å². The fraction of sp³-hybridized carbons (Fsp3) is 0.429. The molecule has 1 rings (SSSR count). The molecule has 1 heterocycles. The lowest BCUT2D eigenvalue weighted by Gasteiger charge is -2.00. The van der Waals surface area contributed by atoms with Gasteiger partial charge >= 0.3 is 0 Å². The van der Waals surface area contributed by atoms with Crippen molar-refractivity contribution in [1.29, 1.82) is 0 Å². The Morgan fingerprint density at radius 1 is 1.69 bits per heavy atom. The van der Waals surface area contributed by atoms with Crippen molar-refractivity contribution in [3.63, 3.8) is 0 Å². The van der Waals surface area contributed by atoms with Crippen LogP contribution in [0.25, 0.3) is 0 Å². The lowest BCUT2D eigenvalue weighted by atomic mass is 10.4. The first-order valence-electron chi connectivity index (χ1n) is 3.68. The van der Waals surface area contributed by atoms with Crippen LogP contribution < -0.4 is 5.73 Å². The number of nitrogens with zero attached hydrogens (tertiary/aromatic N) is 3. The molecule has 4 nitrogen and oxygen atoms in total. The highest BCUT2D eigenvalue weighted by Gasteiger charge is 2.05. The van der Waals surface area contributed by atoms with Crippen molar-refractivity contribution in [2.45, 2.75) is 12.1 Å².